The average molecular weight is 247 g/mol. The summed E-state index contributed by atoms with van der Waals surface area (Å²) in [7, 11) is 1.74. The summed E-state index contributed by atoms with van der Waals surface area (Å²) in [5.74, 6) is 1.75. The molecule has 1 aliphatic rings. The standard InChI is InChI=1S/C16H25NO/c1-4-13(2)11-16(8-9-17-12-16)14-6-5-7-15(10-14)18-3/h5-7,10,13,17H,4,8-9,11-12H2,1-3H3. The summed E-state index contributed by atoms with van der Waals surface area (Å²) in [6, 6.07) is 8.63. The van der Waals surface area contributed by atoms with Crippen LogP contribution in [0.2, 0.25) is 0 Å². The number of nitrogens with one attached hydrogen (secondary N) is 1. The van der Waals surface area contributed by atoms with Crippen LogP contribution in [0.1, 0.15) is 38.7 Å². The Kier molecular flexibility index (Phi) is 4.28. The quantitative estimate of drug-likeness (QED) is 0.861. The lowest BCUT2D eigenvalue weighted by Gasteiger charge is -2.32. The normalized spacial score (nSPS) is 25.1. The van der Waals surface area contributed by atoms with Gasteiger partial charge >= 0.3 is 0 Å². The molecule has 1 aromatic carbocycles. The largest absolute Gasteiger partial charge is 0.497 e. The van der Waals surface area contributed by atoms with Gasteiger partial charge in [0.2, 0.25) is 0 Å². The van der Waals surface area contributed by atoms with Crippen LogP contribution >= 0.6 is 0 Å². The monoisotopic (exact) mass is 247 g/mol. The van der Waals surface area contributed by atoms with Gasteiger partial charge < -0.3 is 10.1 Å². The number of benzene rings is 1. The molecule has 2 nitrogen and oxygen atoms in total. The molecule has 1 fully saturated rings. The Labute approximate surface area is 111 Å². The zero-order chi connectivity index (χ0) is 13.0. The maximum Gasteiger partial charge on any atom is 0.119 e. The fourth-order valence-corrected chi connectivity index (χ4v) is 3.05. The first kappa shape index (κ1) is 13.4. The highest BCUT2D eigenvalue weighted by molar-refractivity contribution is 5.35. The van der Waals surface area contributed by atoms with E-state index in [2.05, 4.69) is 37.4 Å². The van der Waals surface area contributed by atoms with Crippen LogP contribution in [-0.2, 0) is 5.41 Å². The van der Waals surface area contributed by atoms with E-state index >= 15 is 0 Å². The highest BCUT2D eigenvalue weighted by atomic mass is 16.5. The molecule has 18 heavy (non-hydrogen) atoms. The molecule has 100 valence electrons. The van der Waals surface area contributed by atoms with E-state index in [1.54, 1.807) is 7.11 Å². The van der Waals surface area contributed by atoms with Gasteiger partial charge in [0.25, 0.3) is 0 Å². The molecular formula is C16H25NO. The molecular weight excluding hydrogens is 222 g/mol. The molecule has 0 aromatic heterocycles. The van der Waals surface area contributed by atoms with Crippen LogP contribution in [0.5, 0.6) is 5.75 Å². The molecule has 0 amide bonds. The van der Waals surface area contributed by atoms with Crippen LogP contribution in [0, 0.1) is 5.92 Å². The lowest BCUT2D eigenvalue weighted by Crippen LogP contribution is -2.31. The zero-order valence-corrected chi connectivity index (χ0v) is 11.8. The Bertz CT molecular complexity index is 382. The molecule has 1 N–H and O–H groups in total. The van der Waals surface area contributed by atoms with Crippen molar-refractivity contribution < 1.29 is 4.74 Å². The second-order valence-electron chi connectivity index (χ2n) is 5.66. The molecule has 2 unspecified atom stereocenters. The first-order chi connectivity index (χ1) is 8.70. The van der Waals surface area contributed by atoms with Gasteiger partial charge in [-0.05, 0) is 43.0 Å². The van der Waals surface area contributed by atoms with Gasteiger partial charge in [0, 0.05) is 12.0 Å². The first-order valence-electron chi connectivity index (χ1n) is 7.05. The molecule has 0 spiro atoms. The summed E-state index contributed by atoms with van der Waals surface area (Å²) >= 11 is 0. The predicted molar refractivity (Wildman–Crippen MR) is 76.2 cm³/mol. The molecule has 0 bridgehead atoms. The molecule has 1 aromatic rings. The third-order valence-electron chi connectivity index (χ3n) is 4.36. The van der Waals surface area contributed by atoms with E-state index in [1.807, 2.05) is 6.07 Å². The van der Waals surface area contributed by atoms with Crippen LogP contribution in [0.4, 0.5) is 0 Å². The molecule has 1 aliphatic heterocycles. The van der Waals surface area contributed by atoms with Crippen molar-refractivity contribution in [1.82, 2.24) is 5.32 Å². The van der Waals surface area contributed by atoms with Gasteiger partial charge in [0.05, 0.1) is 7.11 Å². The van der Waals surface area contributed by atoms with Crippen molar-refractivity contribution in [2.75, 3.05) is 20.2 Å². The first-order valence-corrected chi connectivity index (χ1v) is 7.05. The molecule has 1 heterocycles. The SMILES string of the molecule is CCC(C)CC1(c2cccc(OC)c2)CCNC1. The molecule has 2 atom stereocenters. The number of rotatable bonds is 5. The smallest absolute Gasteiger partial charge is 0.119 e. The number of hydrogen-bond donors (Lipinski definition) is 1. The Balaban J connectivity index is 2.28. The lowest BCUT2D eigenvalue weighted by atomic mass is 9.73. The highest BCUT2D eigenvalue weighted by Gasteiger charge is 2.36. The van der Waals surface area contributed by atoms with Crippen LogP contribution in [0.25, 0.3) is 0 Å². The topological polar surface area (TPSA) is 21.3 Å². The molecule has 0 radical (unpaired) electrons. The maximum atomic E-state index is 5.37. The van der Waals surface area contributed by atoms with Crippen molar-refractivity contribution in [2.45, 2.75) is 38.5 Å². The summed E-state index contributed by atoms with van der Waals surface area (Å²) < 4.78 is 5.37. The molecule has 0 saturated carbocycles. The van der Waals surface area contributed by atoms with Crippen molar-refractivity contribution in [3.8, 4) is 5.75 Å². The van der Waals surface area contributed by atoms with Gasteiger partial charge in [0.15, 0.2) is 0 Å². The van der Waals surface area contributed by atoms with E-state index in [0.29, 0.717) is 5.41 Å². The van der Waals surface area contributed by atoms with E-state index < -0.39 is 0 Å². The Morgan fingerprint density at radius 1 is 1.44 bits per heavy atom. The summed E-state index contributed by atoms with van der Waals surface area (Å²) in [6.07, 6.45) is 3.76. The van der Waals surface area contributed by atoms with Crippen molar-refractivity contribution in [3.63, 3.8) is 0 Å². The number of methoxy groups -OCH3 is 1. The van der Waals surface area contributed by atoms with Crippen LogP contribution in [0.3, 0.4) is 0 Å². The van der Waals surface area contributed by atoms with Gasteiger partial charge in [0.1, 0.15) is 5.75 Å². The average Bonchev–Trinajstić information content (AvgIpc) is 2.88. The van der Waals surface area contributed by atoms with Crippen LogP contribution < -0.4 is 10.1 Å². The van der Waals surface area contributed by atoms with Crippen molar-refractivity contribution >= 4 is 0 Å². The minimum Gasteiger partial charge on any atom is -0.497 e. The van der Waals surface area contributed by atoms with E-state index in [4.69, 9.17) is 4.74 Å². The zero-order valence-electron chi connectivity index (χ0n) is 11.8. The van der Waals surface area contributed by atoms with Crippen molar-refractivity contribution in [2.24, 2.45) is 5.92 Å². The minimum atomic E-state index is 0.309. The van der Waals surface area contributed by atoms with Gasteiger partial charge in [-0.2, -0.15) is 0 Å². The Morgan fingerprint density at radius 2 is 2.28 bits per heavy atom. The van der Waals surface area contributed by atoms with Gasteiger partial charge in [-0.3, -0.25) is 0 Å². The predicted octanol–water partition coefficient (Wildman–Crippen LogP) is 3.36. The lowest BCUT2D eigenvalue weighted by molar-refractivity contribution is 0.342. The second kappa shape index (κ2) is 5.75. The van der Waals surface area contributed by atoms with Crippen LogP contribution in [-0.4, -0.2) is 20.2 Å². The third kappa shape index (κ3) is 2.69. The number of hydrogen-bond acceptors (Lipinski definition) is 2. The molecule has 2 rings (SSSR count). The van der Waals surface area contributed by atoms with Crippen LogP contribution in [0.15, 0.2) is 24.3 Å². The molecule has 0 aliphatic carbocycles. The highest BCUT2D eigenvalue weighted by Crippen LogP contribution is 2.38. The summed E-state index contributed by atoms with van der Waals surface area (Å²) in [5.41, 5.74) is 1.75. The summed E-state index contributed by atoms with van der Waals surface area (Å²) in [4.78, 5) is 0. The fourth-order valence-electron chi connectivity index (χ4n) is 3.05. The van der Waals surface area contributed by atoms with Gasteiger partial charge in [-0.25, -0.2) is 0 Å². The van der Waals surface area contributed by atoms with Crippen molar-refractivity contribution in [1.29, 1.82) is 0 Å². The van der Waals surface area contributed by atoms with Gasteiger partial charge in [-0.1, -0.05) is 32.4 Å². The minimum absolute atomic E-state index is 0.309. The molecule has 2 heteroatoms. The van der Waals surface area contributed by atoms with Gasteiger partial charge in [-0.15, -0.1) is 0 Å². The number of ether oxygens (including phenoxy) is 1. The third-order valence-corrected chi connectivity index (χ3v) is 4.36. The van der Waals surface area contributed by atoms with E-state index in [1.165, 1.54) is 24.8 Å². The van der Waals surface area contributed by atoms with E-state index in [9.17, 15) is 0 Å². The van der Waals surface area contributed by atoms with Crippen molar-refractivity contribution in [3.05, 3.63) is 29.8 Å². The summed E-state index contributed by atoms with van der Waals surface area (Å²) in [5, 5.41) is 3.54. The maximum absolute atomic E-state index is 5.37. The Morgan fingerprint density at radius 3 is 2.89 bits per heavy atom. The second-order valence-corrected chi connectivity index (χ2v) is 5.66. The fraction of sp³-hybridized carbons (Fsp3) is 0.625. The Hall–Kier alpha value is -1.02. The van der Waals surface area contributed by atoms with E-state index in [-0.39, 0.29) is 0 Å². The summed E-state index contributed by atoms with van der Waals surface area (Å²) in [6.45, 7) is 6.88. The van der Waals surface area contributed by atoms with E-state index in [0.717, 1.165) is 24.8 Å². The molecule has 1 saturated heterocycles.